The number of hydrogen-bond acceptors (Lipinski definition) is 4. The first-order valence-corrected chi connectivity index (χ1v) is 15.1. The van der Waals surface area contributed by atoms with Gasteiger partial charge in [0.1, 0.15) is 12.6 Å². The van der Waals surface area contributed by atoms with Crippen molar-refractivity contribution >= 4 is 39.1 Å². The maximum Gasteiger partial charge on any atom is 0.264 e. The second-order valence-electron chi connectivity index (χ2n) is 9.69. The van der Waals surface area contributed by atoms with Crippen molar-refractivity contribution in [2.75, 3.05) is 10.8 Å². The van der Waals surface area contributed by atoms with Gasteiger partial charge in [0.2, 0.25) is 11.8 Å². The molecule has 206 valence electrons. The van der Waals surface area contributed by atoms with E-state index in [0.29, 0.717) is 22.7 Å². The van der Waals surface area contributed by atoms with Crippen LogP contribution in [0.2, 0.25) is 5.02 Å². The lowest BCUT2D eigenvalue weighted by molar-refractivity contribution is -0.140. The van der Waals surface area contributed by atoms with Crippen molar-refractivity contribution in [1.82, 2.24) is 10.2 Å². The highest BCUT2D eigenvalue weighted by Crippen LogP contribution is 2.26. The number of halogens is 1. The highest BCUT2D eigenvalue weighted by atomic mass is 35.5. The van der Waals surface area contributed by atoms with Crippen LogP contribution in [0.25, 0.3) is 0 Å². The molecule has 0 heterocycles. The average Bonchev–Trinajstić information content (AvgIpc) is 3.46. The minimum atomic E-state index is -4.08. The Balaban J connectivity index is 1.69. The first-order valence-electron chi connectivity index (χ1n) is 13.3. The summed E-state index contributed by atoms with van der Waals surface area (Å²) in [5, 5.41) is 3.58. The molecule has 7 nitrogen and oxygen atoms in total. The van der Waals surface area contributed by atoms with E-state index in [2.05, 4.69) is 5.32 Å². The lowest BCUT2D eigenvalue weighted by Gasteiger charge is -2.34. The van der Waals surface area contributed by atoms with E-state index >= 15 is 0 Å². The molecule has 1 aliphatic carbocycles. The molecule has 0 spiro atoms. The third-order valence-corrected chi connectivity index (χ3v) is 9.20. The fourth-order valence-corrected chi connectivity index (χ4v) is 6.57. The molecular weight excluding hydrogens is 534 g/mol. The summed E-state index contributed by atoms with van der Waals surface area (Å²) in [4.78, 5) is 29.0. The van der Waals surface area contributed by atoms with Crippen LogP contribution in [-0.4, -0.2) is 43.8 Å². The largest absolute Gasteiger partial charge is 0.352 e. The van der Waals surface area contributed by atoms with E-state index in [4.69, 9.17) is 11.6 Å². The summed E-state index contributed by atoms with van der Waals surface area (Å²) in [6.45, 7) is 1.45. The number of benzene rings is 3. The predicted molar refractivity (Wildman–Crippen MR) is 154 cm³/mol. The van der Waals surface area contributed by atoms with Crippen LogP contribution >= 0.6 is 11.6 Å². The summed E-state index contributed by atoms with van der Waals surface area (Å²) in [5.41, 5.74) is 1.03. The van der Waals surface area contributed by atoms with Crippen molar-refractivity contribution in [3.8, 4) is 0 Å². The third kappa shape index (κ3) is 6.99. The number of carbonyl (C=O) groups excluding carboxylic acids is 2. The zero-order valence-corrected chi connectivity index (χ0v) is 23.6. The molecule has 9 heteroatoms. The highest BCUT2D eigenvalue weighted by Gasteiger charge is 2.34. The summed E-state index contributed by atoms with van der Waals surface area (Å²) in [6, 6.07) is 23.0. The van der Waals surface area contributed by atoms with Crippen molar-refractivity contribution in [2.45, 2.75) is 62.6 Å². The molecule has 1 N–H and O–H groups in total. The Bertz CT molecular complexity index is 1360. The number of nitrogens with one attached hydrogen (secondary N) is 1. The first kappa shape index (κ1) is 28.6. The van der Waals surface area contributed by atoms with Crippen LogP contribution in [0.1, 0.15) is 44.6 Å². The highest BCUT2D eigenvalue weighted by molar-refractivity contribution is 7.92. The van der Waals surface area contributed by atoms with Gasteiger partial charge in [0, 0.05) is 17.6 Å². The number of nitrogens with zero attached hydrogens (tertiary/aromatic N) is 2. The number of anilines is 1. The van der Waals surface area contributed by atoms with Crippen LogP contribution in [0.5, 0.6) is 0 Å². The summed E-state index contributed by atoms with van der Waals surface area (Å²) < 4.78 is 28.6. The molecular formula is C30H34ClN3O4S. The molecule has 39 heavy (non-hydrogen) atoms. The normalized spacial score (nSPS) is 14.5. The number of para-hydroxylation sites is 1. The zero-order valence-electron chi connectivity index (χ0n) is 22.0. The Kier molecular flexibility index (Phi) is 9.64. The van der Waals surface area contributed by atoms with Crippen LogP contribution in [0.15, 0.2) is 89.8 Å². The summed E-state index contributed by atoms with van der Waals surface area (Å²) in [5.74, 6) is -0.728. The van der Waals surface area contributed by atoms with Crippen LogP contribution in [0.4, 0.5) is 5.69 Å². The molecule has 0 unspecified atom stereocenters. The SMILES string of the molecule is CC[C@@H](C(=O)NC1CCCC1)N(Cc1ccccc1Cl)C(=O)CN(c1ccccc1)S(=O)(=O)c1ccccc1. The molecule has 0 radical (unpaired) electrons. The van der Waals surface area contributed by atoms with Gasteiger partial charge in [-0.15, -0.1) is 0 Å². The molecule has 4 rings (SSSR count). The number of amides is 2. The molecule has 0 bridgehead atoms. The van der Waals surface area contributed by atoms with E-state index in [9.17, 15) is 18.0 Å². The van der Waals surface area contributed by atoms with Gasteiger partial charge in [0.15, 0.2) is 0 Å². The zero-order chi connectivity index (χ0) is 27.8. The van der Waals surface area contributed by atoms with E-state index in [0.717, 1.165) is 30.0 Å². The van der Waals surface area contributed by atoms with Crippen LogP contribution < -0.4 is 9.62 Å². The van der Waals surface area contributed by atoms with E-state index < -0.39 is 28.5 Å². The smallest absolute Gasteiger partial charge is 0.264 e. The van der Waals surface area contributed by atoms with Gasteiger partial charge in [0.05, 0.1) is 10.6 Å². The Morgan fingerprint density at radius 3 is 2.13 bits per heavy atom. The number of carbonyl (C=O) groups is 2. The molecule has 3 aromatic rings. The minimum Gasteiger partial charge on any atom is -0.352 e. The molecule has 0 aromatic heterocycles. The predicted octanol–water partition coefficient (Wildman–Crippen LogP) is 5.40. The Hall–Kier alpha value is -3.36. The summed E-state index contributed by atoms with van der Waals surface area (Å²) in [6.07, 6.45) is 4.32. The minimum absolute atomic E-state index is 0.0725. The lowest BCUT2D eigenvalue weighted by atomic mass is 10.1. The molecule has 0 aliphatic heterocycles. The number of hydrogen-bond donors (Lipinski definition) is 1. The van der Waals surface area contributed by atoms with E-state index in [1.165, 1.54) is 17.0 Å². The maximum atomic E-state index is 14.1. The number of sulfonamides is 1. The van der Waals surface area contributed by atoms with E-state index in [1.54, 1.807) is 66.7 Å². The van der Waals surface area contributed by atoms with Gasteiger partial charge in [-0.25, -0.2) is 8.42 Å². The summed E-state index contributed by atoms with van der Waals surface area (Å²) >= 11 is 6.45. The van der Waals surface area contributed by atoms with Gasteiger partial charge >= 0.3 is 0 Å². The quantitative estimate of drug-likeness (QED) is 0.336. The van der Waals surface area contributed by atoms with Gasteiger partial charge in [-0.2, -0.15) is 0 Å². The lowest BCUT2D eigenvalue weighted by Crippen LogP contribution is -2.53. The second-order valence-corrected chi connectivity index (χ2v) is 12.0. The van der Waals surface area contributed by atoms with Gasteiger partial charge in [0.25, 0.3) is 10.0 Å². The topological polar surface area (TPSA) is 86.8 Å². The Morgan fingerprint density at radius 1 is 0.923 bits per heavy atom. The molecule has 1 saturated carbocycles. The Labute approximate surface area is 235 Å². The molecule has 1 atom stereocenters. The maximum absolute atomic E-state index is 14.1. The second kappa shape index (κ2) is 13.1. The first-order chi connectivity index (χ1) is 18.8. The molecule has 1 fully saturated rings. The van der Waals surface area contributed by atoms with Crippen molar-refractivity contribution in [1.29, 1.82) is 0 Å². The molecule has 1 aliphatic rings. The van der Waals surface area contributed by atoms with E-state index in [1.807, 2.05) is 13.0 Å². The number of rotatable bonds is 11. The van der Waals surface area contributed by atoms with Crippen LogP contribution in [-0.2, 0) is 26.2 Å². The van der Waals surface area contributed by atoms with Crippen molar-refractivity contribution in [3.63, 3.8) is 0 Å². The van der Waals surface area contributed by atoms with Crippen molar-refractivity contribution in [2.24, 2.45) is 0 Å². The Morgan fingerprint density at radius 2 is 1.51 bits per heavy atom. The van der Waals surface area contributed by atoms with Crippen molar-refractivity contribution in [3.05, 3.63) is 95.5 Å². The average molecular weight is 568 g/mol. The van der Waals surface area contributed by atoms with E-state index in [-0.39, 0.29) is 23.4 Å². The standard InChI is InChI=1S/C30H34ClN3O4S/c1-2-28(30(36)32-24-14-10-11-15-24)33(21-23-13-9-12-20-27(23)31)29(35)22-34(25-16-5-3-6-17-25)39(37,38)26-18-7-4-8-19-26/h3-9,12-13,16-20,24,28H,2,10-11,14-15,21-22H2,1H3,(H,32,36)/t28-/m0/s1. The summed E-state index contributed by atoms with van der Waals surface area (Å²) in [7, 11) is -4.08. The molecule has 0 saturated heterocycles. The van der Waals surface area contributed by atoms with Gasteiger partial charge in [-0.05, 0) is 55.2 Å². The fourth-order valence-electron chi connectivity index (χ4n) is 4.94. The third-order valence-electron chi connectivity index (χ3n) is 7.04. The van der Waals surface area contributed by atoms with Gasteiger partial charge < -0.3 is 10.2 Å². The van der Waals surface area contributed by atoms with Gasteiger partial charge in [-0.1, -0.05) is 86.0 Å². The fraction of sp³-hybridized carbons (Fsp3) is 0.333. The van der Waals surface area contributed by atoms with Gasteiger partial charge in [-0.3, -0.25) is 13.9 Å². The van der Waals surface area contributed by atoms with Crippen LogP contribution in [0, 0.1) is 0 Å². The molecule has 2 amide bonds. The molecule has 3 aromatic carbocycles. The van der Waals surface area contributed by atoms with Crippen LogP contribution in [0.3, 0.4) is 0 Å². The van der Waals surface area contributed by atoms with Crippen molar-refractivity contribution < 1.29 is 18.0 Å². The monoisotopic (exact) mass is 567 g/mol.